The van der Waals surface area contributed by atoms with Gasteiger partial charge in [-0.2, -0.15) is 0 Å². The molecule has 0 fully saturated rings. The summed E-state index contributed by atoms with van der Waals surface area (Å²) >= 11 is 5.96. The molecule has 0 saturated carbocycles. The number of rotatable bonds is 5. The van der Waals surface area contributed by atoms with Gasteiger partial charge in [-0.3, -0.25) is 9.69 Å². The first-order valence-electron chi connectivity index (χ1n) is 10.8. The van der Waals surface area contributed by atoms with Crippen LogP contribution < -0.4 is 9.47 Å². The molecular weight excluding hydrogens is 422 g/mol. The van der Waals surface area contributed by atoms with Crippen LogP contribution in [0.5, 0.6) is 11.5 Å². The predicted molar refractivity (Wildman–Crippen MR) is 126 cm³/mol. The predicted octanol–water partition coefficient (Wildman–Crippen LogP) is 6.05. The molecule has 0 aromatic heterocycles. The van der Waals surface area contributed by atoms with Gasteiger partial charge in [-0.15, -0.1) is 0 Å². The van der Waals surface area contributed by atoms with Crippen molar-refractivity contribution in [1.82, 2.24) is 4.90 Å². The number of fused-ring (bicyclic) bond motifs is 2. The third kappa shape index (κ3) is 4.16. The van der Waals surface area contributed by atoms with Gasteiger partial charge in [0.05, 0.1) is 5.56 Å². The van der Waals surface area contributed by atoms with Crippen molar-refractivity contribution in [3.8, 4) is 11.5 Å². The van der Waals surface area contributed by atoms with Crippen molar-refractivity contribution in [3.63, 3.8) is 0 Å². The van der Waals surface area contributed by atoms with E-state index in [4.69, 9.17) is 21.1 Å². The number of benzene rings is 3. The summed E-state index contributed by atoms with van der Waals surface area (Å²) in [5.41, 5.74) is 4.75. The van der Waals surface area contributed by atoms with Gasteiger partial charge >= 0.3 is 0 Å². The van der Waals surface area contributed by atoms with Crippen LogP contribution in [0.2, 0.25) is 5.02 Å². The molecule has 5 rings (SSSR count). The Labute approximate surface area is 193 Å². The fraction of sp³-hybridized carbons (Fsp3) is 0.222. The highest BCUT2D eigenvalue weighted by Gasteiger charge is 2.33. The van der Waals surface area contributed by atoms with Crippen molar-refractivity contribution in [2.75, 3.05) is 13.3 Å². The second kappa shape index (κ2) is 8.81. The highest BCUT2D eigenvalue weighted by molar-refractivity contribution is 6.30. The number of allylic oxidation sites excluding steroid dienone is 1. The van der Waals surface area contributed by atoms with E-state index in [1.54, 1.807) is 18.2 Å². The molecule has 5 heteroatoms. The smallest absolute Gasteiger partial charge is 0.231 e. The SMILES string of the molecule is Cc1c2c(cc3c1O/C(=C\c1ccc(Cl)cc1)C3=O)CN(CCCc1ccccc1)CO2. The van der Waals surface area contributed by atoms with Crippen molar-refractivity contribution in [1.29, 1.82) is 0 Å². The van der Waals surface area contributed by atoms with Crippen molar-refractivity contribution in [2.45, 2.75) is 26.3 Å². The van der Waals surface area contributed by atoms with Crippen LogP contribution in [0.25, 0.3) is 6.08 Å². The second-order valence-electron chi connectivity index (χ2n) is 8.27. The van der Waals surface area contributed by atoms with Crippen molar-refractivity contribution >= 4 is 23.5 Å². The Bertz CT molecular complexity index is 1190. The lowest BCUT2D eigenvalue weighted by atomic mass is 10.00. The number of aryl methyl sites for hydroxylation is 1. The molecule has 0 aliphatic carbocycles. The van der Waals surface area contributed by atoms with E-state index in [1.165, 1.54) is 5.56 Å². The van der Waals surface area contributed by atoms with Gasteiger partial charge in [0.1, 0.15) is 18.2 Å². The zero-order valence-electron chi connectivity index (χ0n) is 17.9. The first-order chi connectivity index (χ1) is 15.6. The molecule has 0 N–H and O–H groups in total. The highest BCUT2D eigenvalue weighted by atomic mass is 35.5. The van der Waals surface area contributed by atoms with E-state index in [1.807, 2.05) is 31.2 Å². The molecule has 0 spiro atoms. The van der Waals surface area contributed by atoms with E-state index in [9.17, 15) is 4.79 Å². The van der Waals surface area contributed by atoms with E-state index in [-0.39, 0.29) is 5.78 Å². The normalized spacial score (nSPS) is 16.4. The molecule has 4 nitrogen and oxygen atoms in total. The van der Waals surface area contributed by atoms with E-state index in [2.05, 4.69) is 29.2 Å². The number of carbonyl (C=O) groups is 1. The van der Waals surface area contributed by atoms with E-state index < -0.39 is 0 Å². The van der Waals surface area contributed by atoms with Crippen LogP contribution in [-0.2, 0) is 13.0 Å². The monoisotopic (exact) mass is 445 g/mol. The molecule has 3 aromatic carbocycles. The number of nitrogens with zero attached hydrogens (tertiary/aromatic N) is 1. The minimum atomic E-state index is -0.0953. The van der Waals surface area contributed by atoms with Crippen LogP contribution >= 0.6 is 11.6 Å². The van der Waals surface area contributed by atoms with Crippen LogP contribution in [-0.4, -0.2) is 24.0 Å². The second-order valence-corrected chi connectivity index (χ2v) is 8.71. The molecule has 2 aliphatic rings. The minimum Gasteiger partial charge on any atom is -0.477 e. The fourth-order valence-electron chi connectivity index (χ4n) is 4.30. The number of ketones is 1. The summed E-state index contributed by atoms with van der Waals surface area (Å²) in [4.78, 5) is 15.3. The maximum atomic E-state index is 13.0. The van der Waals surface area contributed by atoms with Crippen LogP contribution in [0.15, 0.2) is 66.4 Å². The van der Waals surface area contributed by atoms with E-state index in [0.29, 0.717) is 28.8 Å². The van der Waals surface area contributed by atoms with Crippen LogP contribution in [0.4, 0.5) is 0 Å². The number of carbonyl (C=O) groups excluding carboxylic acids is 1. The molecule has 32 heavy (non-hydrogen) atoms. The summed E-state index contributed by atoms with van der Waals surface area (Å²) in [6.07, 6.45) is 3.86. The number of Topliss-reactive ketones (excluding diaryl/α,β-unsaturated/α-hetero) is 1. The Balaban J connectivity index is 1.31. The summed E-state index contributed by atoms with van der Waals surface area (Å²) in [5, 5.41) is 0.656. The molecule has 0 bridgehead atoms. The Morgan fingerprint density at radius 1 is 1.06 bits per heavy atom. The first kappa shape index (κ1) is 20.8. The van der Waals surface area contributed by atoms with Gasteiger partial charge in [-0.25, -0.2) is 0 Å². The first-order valence-corrected chi connectivity index (χ1v) is 11.2. The topological polar surface area (TPSA) is 38.8 Å². The lowest BCUT2D eigenvalue weighted by molar-refractivity contribution is 0.0932. The number of halogens is 1. The molecular formula is C27H24ClNO3. The number of hydrogen-bond acceptors (Lipinski definition) is 4. The van der Waals surface area contributed by atoms with Gasteiger partial charge in [0.15, 0.2) is 5.76 Å². The molecule has 2 aliphatic heterocycles. The molecule has 0 atom stereocenters. The van der Waals surface area contributed by atoms with Crippen molar-refractivity contribution in [3.05, 3.63) is 99.3 Å². The molecule has 0 amide bonds. The Hall–Kier alpha value is -3.08. The lowest BCUT2D eigenvalue weighted by Gasteiger charge is -2.30. The van der Waals surface area contributed by atoms with Gasteiger partial charge in [0, 0.05) is 29.2 Å². The maximum Gasteiger partial charge on any atom is 0.231 e. The molecule has 3 aromatic rings. The van der Waals surface area contributed by atoms with Crippen LogP contribution in [0.3, 0.4) is 0 Å². The average molecular weight is 446 g/mol. The Kier molecular flexibility index (Phi) is 5.73. The summed E-state index contributed by atoms with van der Waals surface area (Å²) in [6, 6.07) is 19.8. The lowest BCUT2D eigenvalue weighted by Crippen LogP contribution is -2.33. The van der Waals surface area contributed by atoms with Crippen LogP contribution in [0, 0.1) is 6.92 Å². The largest absolute Gasteiger partial charge is 0.477 e. The van der Waals surface area contributed by atoms with E-state index in [0.717, 1.165) is 48.4 Å². The maximum absolute atomic E-state index is 13.0. The zero-order chi connectivity index (χ0) is 22.1. The van der Waals surface area contributed by atoms with Gasteiger partial charge in [0.25, 0.3) is 0 Å². The molecule has 2 heterocycles. The standard InChI is InChI=1S/C27H24ClNO3/c1-18-26-21(16-29(17-31-26)13-5-8-19-6-3-2-4-7-19)15-23-25(30)24(32-27(18)23)14-20-9-11-22(28)12-10-20/h2-4,6-7,9-12,14-15H,5,8,13,16-17H2,1H3/b24-14-. The number of hydrogen-bond donors (Lipinski definition) is 0. The quantitative estimate of drug-likeness (QED) is 0.448. The summed E-state index contributed by atoms with van der Waals surface area (Å²) in [5.74, 6) is 1.67. The summed E-state index contributed by atoms with van der Waals surface area (Å²) in [7, 11) is 0. The van der Waals surface area contributed by atoms with E-state index >= 15 is 0 Å². The molecule has 0 radical (unpaired) electrons. The van der Waals surface area contributed by atoms with Gasteiger partial charge in [-0.1, -0.05) is 54.1 Å². The minimum absolute atomic E-state index is 0.0953. The average Bonchev–Trinajstić information content (AvgIpc) is 3.12. The van der Waals surface area contributed by atoms with Crippen molar-refractivity contribution in [2.24, 2.45) is 0 Å². The van der Waals surface area contributed by atoms with Crippen LogP contribution in [0.1, 0.15) is 39.0 Å². The van der Waals surface area contributed by atoms with Gasteiger partial charge < -0.3 is 9.47 Å². The highest BCUT2D eigenvalue weighted by Crippen LogP contribution is 2.43. The zero-order valence-corrected chi connectivity index (χ0v) is 18.7. The third-order valence-electron chi connectivity index (χ3n) is 5.95. The molecule has 162 valence electrons. The fourth-order valence-corrected chi connectivity index (χ4v) is 4.43. The summed E-state index contributed by atoms with van der Waals surface area (Å²) in [6.45, 7) is 4.21. The summed E-state index contributed by atoms with van der Waals surface area (Å²) < 4.78 is 12.1. The Morgan fingerprint density at radius 3 is 2.62 bits per heavy atom. The molecule has 0 unspecified atom stereocenters. The Morgan fingerprint density at radius 2 is 1.84 bits per heavy atom. The number of ether oxygens (including phenoxy) is 2. The van der Waals surface area contributed by atoms with Gasteiger partial charge in [0.2, 0.25) is 5.78 Å². The van der Waals surface area contributed by atoms with Gasteiger partial charge in [-0.05, 0) is 55.2 Å². The third-order valence-corrected chi connectivity index (χ3v) is 6.20. The molecule has 0 saturated heterocycles. The van der Waals surface area contributed by atoms with Crippen molar-refractivity contribution < 1.29 is 14.3 Å².